The van der Waals surface area contributed by atoms with Crippen LogP contribution in [0.4, 0.5) is 0 Å². The van der Waals surface area contributed by atoms with Crippen molar-refractivity contribution in [1.82, 2.24) is 4.98 Å². The minimum atomic E-state index is -3.18. The Hall–Kier alpha value is -1.37. The van der Waals surface area contributed by atoms with E-state index in [4.69, 9.17) is 0 Å². The number of aromatic nitrogens is 1. The van der Waals surface area contributed by atoms with E-state index in [0.29, 0.717) is 4.90 Å². The average molecular weight is 309 g/mol. The van der Waals surface area contributed by atoms with Gasteiger partial charge in [-0.2, -0.15) is 0 Å². The van der Waals surface area contributed by atoms with E-state index < -0.39 is 15.9 Å². The highest BCUT2D eigenvalue weighted by molar-refractivity contribution is 7.99. The third kappa shape index (κ3) is 3.59. The van der Waals surface area contributed by atoms with Gasteiger partial charge in [0.15, 0.2) is 9.84 Å². The Kier molecular flexibility index (Phi) is 4.47. The van der Waals surface area contributed by atoms with E-state index in [2.05, 4.69) is 4.98 Å². The van der Waals surface area contributed by atoms with Crippen molar-refractivity contribution in [2.45, 2.75) is 27.8 Å². The summed E-state index contributed by atoms with van der Waals surface area (Å²) in [5.41, 5.74) is 0.754. The number of rotatable bonds is 4. The zero-order chi connectivity index (χ0) is 14.8. The molecule has 0 fully saturated rings. The minimum absolute atomic E-state index is 0.290. The van der Waals surface area contributed by atoms with Crippen LogP contribution < -0.4 is 0 Å². The zero-order valence-corrected chi connectivity index (χ0v) is 12.8. The second kappa shape index (κ2) is 5.95. The Morgan fingerprint density at radius 3 is 2.40 bits per heavy atom. The summed E-state index contributed by atoms with van der Waals surface area (Å²) in [6, 6.07) is 10.2. The van der Waals surface area contributed by atoms with Crippen LogP contribution in [0, 0.1) is 0 Å². The van der Waals surface area contributed by atoms with Gasteiger partial charge in [0.1, 0.15) is 5.03 Å². The third-order valence-corrected chi connectivity index (χ3v) is 4.89. The van der Waals surface area contributed by atoms with Crippen LogP contribution in [0.5, 0.6) is 0 Å². The Labute approximate surface area is 122 Å². The lowest BCUT2D eigenvalue weighted by Crippen LogP contribution is -1.97. The lowest BCUT2D eigenvalue weighted by Gasteiger charge is -2.10. The van der Waals surface area contributed by atoms with Gasteiger partial charge in [0.25, 0.3) is 0 Å². The number of aliphatic hydroxyl groups is 1. The predicted octanol–water partition coefficient (Wildman–Crippen LogP) is 2.69. The van der Waals surface area contributed by atoms with E-state index in [1.165, 1.54) is 18.0 Å². The van der Waals surface area contributed by atoms with Crippen LogP contribution in [0.1, 0.15) is 18.6 Å². The van der Waals surface area contributed by atoms with Gasteiger partial charge >= 0.3 is 0 Å². The highest BCUT2D eigenvalue weighted by atomic mass is 32.2. The summed E-state index contributed by atoms with van der Waals surface area (Å²) >= 11 is 1.40. The summed E-state index contributed by atoms with van der Waals surface area (Å²) in [7, 11) is -3.18. The van der Waals surface area contributed by atoms with Gasteiger partial charge in [-0.05, 0) is 37.3 Å². The molecule has 6 heteroatoms. The van der Waals surface area contributed by atoms with Crippen LogP contribution in [0.2, 0.25) is 0 Å². The Morgan fingerprint density at radius 1 is 1.20 bits per heavy atom. The minimum Gasteiger partial charge on any atom is -0.389 e. The molecule has 2 aromatic rings. The number of pyridine rings is 1. The van der Waals surface area contributed by atoms with E-state index >= 15 is 0 Å². The molecule has 0 aliphatic heterocycles. The fourth-order valence-electron chi connectivity index (χ4n) is 1.67. The second-order valence-electron chi connectivity index (χ2n) is 4.42. The molecule has 106 valence electrons. The summed E-state index contributed by atoms with van der Waals surface area (Å²) in [5, 5.41) is 10.4. The maximum absolute atomic E-state index is 11.4. The number of hydrogen-bond donors (Lipinski definition) is 1. The van der Waals surface area contributed by atoms with Gasteiger partial charge < -0.3 is 5.11 Å². The van der Waals surface area contributed by atoms with Crippen LogP contribution in [-0.4, -0.2) is 24.8 Å². The van der Waals surface area contributed by atoms with Crippen molar-refractivity contribution in [2.24, 2.45) is 0 Å². The molecule has 1 N–H and O–H groups in total. The van der Waals surface area contributed by atoms with Crippen LogP contribution in [0.3, 0.4) is 0 Å². The number of sulfone groups is 1. The molecule has 1 aromatic carbocycles. The van der Waals surface area contributed by atoms with E-state index in [-0.39, 0.29) is 0 Å². The SMILES string of the molecule is CC(O)c1cccnc1Sc1ccc(S(C)(=O)=O)cc1. The van der Waals surface area contributed by atoms with Gasteiger partial charge in [-0.15, -0.1) is 0 Å². The smallest absolute Gasteiger partial charge is 0.175 e. The van der Waals surface area contributed by atoms with Crippen molar-refractivity contribution >= 4 is 21.6 Å². The molecule has 2 rings (SSSR count). The fraction of sp³-hybridized carbons (Fsp3) is 0.214. The molecule has 0 aliphatic rings. The highest BCUT2D eigenvalue weighted by Gasteiger charge is 2.11. The van der Waals surface area contributed by atoms with Crippen LogP contribution in [0.15, 0.2) is 57.4 Å². The van der Waals surface area contributed by atoms with E-state index in [1.807, 2.05) is 6.07 Å². The van der Waals surface area contributed by atoms with Gasteiger partial charge in [0, 0.05) is 22.9 Å². The molecule has 1 unspecified atom stereocenters. The molecule has 0 amide bonds. The summed E-state index contributed by atoms with van der Waals surface area (Å²) < 4.78 is 22.8. The van der Waals surface area contributed by atoms with Crippen LogP contribution in [-0.2, 0) is 9.84 Å². The molecule has 0 saturated heterocycles. The second-order valence-corrected chi connectivity index (χ2v) is 7.50. The first-order valence-electron chi connectivity index (χ1n) is 5.99. The Balaban J connectivity index is 2.27. The summed E-state index contributed by atoms with van der Waals surface area (Å²) in [6.07, 6.45) is 2.25. The average Bonchev–Trinajstić information content (AvgIpc) is 2.38. The summed E-state index contributed by atoms with van der Waals surface area (Å²) in [5.74, 6) is 0. The first-order valence-corrected chi connectivity index (χ1v) is 8.69. The van der Waals surface area contributed by atoms with E-state index in [1.54, 1.807) is 43.5 Å². The third-order valence-electron chi connectivity index (χ3n) is 2.72. The predicted molar refractivity (Wildman–Crippen MR) is 78.5 cm³/mol. The van der Waals surface area contributed by atoms with Gasteiger partial charge in [-0.3, -0.25) is 0 Å². The standard InChI is InChI=1S/C14H15NO3S2/c1-10(16)13-4-3-9-15-14(13)19-11-5-7-12(8-6-11)20(2,17)18/h3-10,16H,1-2H3. The number of benzene rings is 1. The fourth-order valence-corrected chi connectivity index (χ4v) is 3.27. The van der Waals surface area contributed by atoms with Crippen molar-refractivity contribution in [1.29, 1.82) is 0 Å². The normalized spacial score (nSPS) is 13.2. The summed E-state index contributed by atoms with van der Waals surface area (Å²) in [4.78, 5) is 5.41. The Morgan fingerprint density at radius 2 is 1.85 bits per heavy atom. The van der Waals surface area contributed by atoms with Crippen molar-refractivity contribution in [3.8, 4) is 0 Å². The molecule has 0 radical (unpaired) electrons. The maximum Gasteiger partial charge on any atom is 0.175 e. The lowest BCUT2D eigenvalue weighted by atomic mass is 10.2. The molecule has 0 aliphatic carbocycles. The topological polar surface area (TPSA) is 67.3 Å². The van der Waals surface area contributed by atoms with Gasteiger partial charge in [-0.1, -0.05) is 17.8 Å². The lowest BCUT2D eigenvalue weighted by molar-refractivity contribution is 0.195. The van der Waals surface area contributed by atoms with Crippen molar-refractivity contribution in [3.05, 3.63) is 48.2 Å². The maximum atomic E-state index is 11.4. The molecule has 0 bridgehead atoms. The first-order chi connectivity index (χ1) is 9.38. The number of nitrogens with zero attached hydrogens (tertiary/aromatic N) is 1. The molecular weight excluding hydrogens is 294 g/mol. The quantitative estimate of drug-likeness (QED) is 0.940. The Bertz CT molecular complexity index is 695. The molecule has 1 heterocycles. The molecule has 0 saturated carbocycles. The van der Waals surface area contributed by atoms with E-state index in [9.17, 15) is 13.5 Å². The molecule has 1 aromatic heterocycles. The van der Waals surface area contributed by atoms with Gasteiger partial charge in [0.05, 0.1) is 11.0 Å². The number of aliphatic hydroxyl groups excluding tert-OH is 1. The van der Waals surface area contributed by atoms with Gasteiger partial charge in [-0.25, -0.2) is 13.4 Å². The molecule has 0 spiro atoms. The monoisotopic (exact) mass is 309 g/mol. The molecular formula is C14H15NO3S2. The summed E-state index contributed by atoms with van der Waals surface area (Å²) in [6.45, 7) is 1.69. The van der Waals surface area contributed by atoms with Crippen LogP contribution >= 0.6 is 11.8 Å². The van der Waals surface area contributed by atoms with Crippen molar-refractivity contribution < 1.29 is 13.5 Å². The van der Waals surface area contributed by atoms with Crippen molar-refractivity contribution in [2.75, 3.05) is 6.26 Å². The zero-order valence-electron chi connectivity index (χ0n) is 11.1. The molecule has 4 nitrogen and oxygen atoms in total. The van der Waals surface area contributed by atoms with Gasteiger partial charge in [0.2, 0.25) is 0 Å². The molecule has 20 heavy (non-hydrogen) atoms. The highest BCUT2D eigenvalue weighted by Crippen LogP contribution is 2.31. The van der Waals surface area contributed by atoms with E-state index in [0.717, 1.165) is 15.5 Å². The van der Waals surface area contributed by atoms with Crippen LogP contribution in [0.25, 0.3) is 0 Å². The first kappa shape index (κ1) is 15.0. The number of hydrogen-bond acceptors (Lipinski definition) is 5. The largest absolute Gasteiger partial charge is 0.389 e. The van der Waals surface area contributed by atoms with Crippen molar-refractivity contribution in [3.63, 3.8) is 0 Å². The molecule has 1 atom stereocenters.